The number of thiazole rings is 1. The normalized spacial score (nSPS) is 16.1. The number of likely N-dealkylation sites (N-methyl/N-ethyl adjacent to an activating group) is 1. The Labute approximate surface area is 309 Å². The molecule has 3 amide bonds. The molecule has 2 aromatic rings. The van der Waals surface area contributed by atoms with Crippen LogP contribution < -0.4 is 11.1 Å². The highest BCUT2D eigenvalue weighted by Crippen LogP contribution is 2.30. The van der Waals surface area contributed by atoms with E-state index in [1.165, 1.54) is 17.8 Å². The lowest BCUT2D eigenvalue weighted by atomic mass is 9.82. The van der Waals surface area contributed by atoms with Crippen LogP contribution in [0.15, 0.2) is 29.8 Å². The molecule has 4 atom stereocenters. The molecule has 0 unspecified atom stereocenters. The van der Waals surface area contributed by atoms with Crippen molar-refractivity contribution in [2.24, 2.45) is 17.8 Å². The van der Waals surface area contributed by atoms with Crippen molar-refractivity contribution >= 4 is 34.2 Å². The van der Waals surface area contributed by atoms with Crippen molar-refractivity contribution in [3.8, 4) is 0 Å². The van der Waals surface area contributed by atoms with E-state index in [2.05, 4.69) is 29.1 Å². The fraction of sp³-hybridized carbons (Fsp3) is 0.718. The predicted octanol–water partition coefficient (Wildman–Crippen LogP) is 5.39. The maximum atomic E-state index is 14.4. The number of nitrogens with zero attached hydrogens (tertiary/aromatic N) is 4. The number of anilines is 1. The van der Waals surface area contributed by atoms with Gasteiger partial charge in [0.15, 0.2) is 5.13 Å². The third-order valence-corrected chi connectivity index (χ3v) is 10.9. The number of aliphatic hydroxyl groups excluding tert-OH is 2. The average Bonchev–Trinajstić information content (AvgIpc) is 3.52. The van der Waals surface area contributed by atoms with Gasteiger partial charge in [-0.3, -0.25) is 19.4 Å². The molecule has 2 aromatic heterocycles. The molecule has 3 rings (SSSR count). The number of nitrogens with one attached hydrogen (secondary N) is 1. The molecule has 5 N–H and O–H groups in total. The van der Waals surface area contributed by atoms with E-state index in [0.29, 0.717) is 42.6 Å². The lowest BCUT2D eigenvalue weighted by molar-refractivity contribution is -0.144. The largest absolute Gasteiger partial charge is 0.390 e. The topological polar surface area (TPSA) is 162 Å². The Morgan fingerprint density at radius 3 is 2.33 bits per heavy atom. The molecule has 1 aliphatic carbocycles. The molecular formula is C39H64N6O5S. The number of aliphatic hydroxyl groups is 2. The van der Waals surface area contributed by atoms with Crippen LogP contribution in [-0.2, 0) is 27.2 Å². The summed E-state index contributed by atoms with van der Waals surface area (Å²) in [6, 6.07) is 4.90. The molecule has 0 aliphatic heterocycles. The first-order valence-electron chi connectivity index (χ1n) is 19.2. The van der Waals surface area contributed by atoms with Crippen molar-refractivity contribution in [3.05, 3.63) is 41.2 Å². The van der Waals surface area contributed by atoms with Gasteiger partial charge in [-0.05, 0) is 49.7 Å². The molecule has 2 heterocycles. The summed E-state index contributed by atoms with van der Waals surface area (Å²) in [6.07, 6.45) is 9.87. The predicted molar refractivity (Wildman–Crippen MR) is 204 cm³/mol. The summed E-state index contributed by atoms with van der Waals surface area (Å²) in [5.41, 5.74) is 7.46. The van der Waals surface area contributed by atoms with Crippen LogP contribution in [0.5, 0.6) is 0 Å². The molecule has 11 nitrogen and oxygen atoms in total. The molecule has 0 saturated heterocycles. The number of carbonyl (C=O) groups excluding carboxylic acids is 3. The Hall–Kier alpha value is -3.09. The van der Waals surface area contributed by atoms with Crippen molar-refractivity contribution in [1.29, 1.82) is 0 Å². The van der Waals surface area contributed by atoms with Crippen LogP contribution in [0.1, 0.15) is 116 Å². The van der Waals surface area contributed by atoms with Crippen LogP contribution in [0.3, 0.4) is 0 Å². The van der Waals surface area contributed by atoms with Crippen molar-refractivity contribution in [2.75, 3.05) is 25.9 Å². The average molecular weight is 729 g/mol. The van der Waals surface area contributed by atoms with E-state index in [4.69, 9.17) is 5.73 Å². The first-order valence-corrected chi connectivity index (χ1v) is 20.1. The number of amides is 3. The van der Waals surface area contributed by atoms with Gasteiger partial charge in [-0.25, -0.2) is 4.98 Å². The summed E-state index contributed by atoms with van der Waals surface area (Å²) in [5.74, 6) is -1.11. The van der Waals surface area contributed by atoms with Crippen molar-refractivity contribution < 1.29 is 24.6 Å². The van der Waals surface area contributed by atoms with E-state index >= 15 is 0 Å². The number of nitrogens with two attached hydrogens (primary N) is 1. The van der Waals surface area contributed by atoms with E-state index in [9.17, 15) is 24.6 Å². The quantitative estimate of drug-likeness (QED) is 0.126. The lowest BCUT2D eigenvalue weighted by Gasteiger charge is -2.35. The van der Waals surface area contributed by atoms with E-state index in [-0.39, 0.29) is 49.1 Å². The molecule has 0 spiro atoms. The molecule has 1 saturated carbocycles. The van der Waals surface area contributed by atoms with Gasteiger partial charge in [0.25, 0.3) is 0 Å². The minimum Gasteiger partial charge on any atom is -0.390 e. The maximum Gasteiger partial charge on any atom is 0.241 e. The molecule has 286 valence electrons. The van der Waals surface area contributed by atoms with Gasteiger partial charge in [0.1, 0.15) is 6.10 Å². The highest BCUT2D eigenvalue weighted by atomic mass is 32.1. The Morgan fingerprint density at radius 2 is 1.75 bits per heavy atom. The van der Waals surface area contributed by atoms with E-state index in [1.54, 1.807) is 28.4 Å². The molecule has 51 heavy (non-hydrogen) atoms. The number of hydrogen-bond donors (Lipinski definition) is 4. The van der Waals surface area contributed by atoms with Gasteiger partial charge in [0.05, 0.1) is 30.3 Å². The SMILES string of the molecule is CCCC(CCC)N(CC(=O)N(C)CCc1ccccn1)C(=O)C[C@@H](Cc1csc(N)n1)C(=O)N[C@@H](CC1CCCCC1)[C@@H](O)[C@@H](O)CC(C)C. The number of rotatable bonds is 22. The van der Waals surface area contributed by atoms with Crippen LogP contribution in [-0.4, -0.2) is 92.1 Å². The second kappa shape index (κ2) is 22.1. The Balaban J connectivity index is 1.85. The van der Waals surface area contributed by atoms with Crippen molar-refractivity contribution in [1.82, 2.24) is 25.1 Å². The van der Waals surface area contributed by atoms with Gasteiger partial charge in [-0.2, -0.15) is 0 Å². The summed E-state index contributed by atoms with van der Waals surface area (Å²) < 4.78 is 0. The van der Waals surface area contributed by atoms with Gasteiger partial charge in [-0.1, -0.05) is 78.7 Å². The van der Waals surface area contributed by atoms with Crippen molar-refractivity contribution in [3.63, 3.8) is 0 Å². The minimum atomic E-state index is -1.14. The zero-order valence-electron chi connectivity index (χ0n) is 31.6. The van der Waals surface area contributed by atoms with Gasteiger partial charge in [0, 0.05) is 56.2 Å². The first-order chi connectivity index (χ1) is 24.4. The van der Waals surface area contributed by atoms with Crippen LogP contribution in [0, 0.1) is 17.8 Å². The highest BCUT2D eigenvalue weighted by molar-refractivity contribution is 7.13. The second-order valence-corrected chi connectivity index (χ2v) is 15.9. The third kappa shape index (κ3) is 14.5. The lowest BCUT2D eigenvalue weighted by Crippen LogP contribution is -2.52. The van der Waals surface area contributed by atoms with Gasteiger partial charge < -0.3 is 31.1 Å². The molecular weight excluding hydrogens is 665 g/mol. The van der Waals surface area contributed by atoms with E-state index < -0.39 is 24.2 Å². The smallest absolute Gasteiger partial charge is 0.241 e. The number of pyridine rings is 1. The van der Waals surface area contributed by atoms with Gasteiger partial charge >= 0.3 is 0 Å². The van der Waals surface area contributed by atoms with E-state index in [0.717, 1.165) is 57.1 Å². The van der Waals surface area contributed by atoms with Crippen molar-refractivity contribution in [2.45, 2.75) is 142 Å². The highest BCUT2D eigenvalue weighted by Gasteiger charge is 2.35. The minimum absolute atomic E-state index is 0.0787. The number of hydrogen-bond acceptors (Lipinski definition) is 9. The number of carbonyl (C=O) groups is 3. The molecule has 1 fully saturated rings. The second-order valence-electron chi connectivity index (χ2n) is 15.0. The standard InChI is InChI=1S/C39H64N6O5S/c1-6-13-32(14-7-2)45(25-36(48)44(5)20-18-30-17-11-12-19-41-30)35(47)24-29(23-31-26-51-39(40)42-31)38(50)43-33(22-28-15-9-8-10-16-28)37(49)34(46)21-27(3)4/h11-12,17,19,26-29,32-34,37,46,49H,6-10,13-16,18,20-25H2,1-5H3,(H2,40,42)(H,43,50)/t29-,33+,34+,37-/m1/s1. The summed E-state index contributed by atoms with van der Waals surface area (Å²) in [4.78, 5) is 54.4. The molecule has 12 heteroatoms. The fourth-order valence-electron chi connectivity index (χ4n) is 7.27. The van der Waals surface area contributed by atoms with Crippen LogP contribution >= 0.6 is 11.3 Å². The van der Waals surface area contributed by atoms with Crippen LogP contribution in [0.25, 0.3) is 0 Å². The molecule has 1 aliphatic rings. The Kier molecular flexibility index (Phi) is 18.3. The molecule has 0 aromatic carbocycles. The first kappa shape index (κ1) is 42.3. The van der Waals surface area contributed by atoms with Crippen LogP contribution in [0.2, 0.25) is 0 Å². The Bertz CT molecular complexity index is 1310. The summed E-state index contributed by atoms with van der Waals surface area (Å²) in [7, 11) is 1.75. The third-order valence-electron chi connectivity index (χ3n) is 10.1. The van der Waals surface area contributed by atoms with Gasteiger partial charge in [-0.15, -0.1) is 11.3 Å². The maximum absolute atomic E-state index is 14.4. The number of nitrogen functional groups attached to an aromatic ring is 1. The molecule has 0 radical (unpaired) electrons. The number of aromatic nitrogens is 2. The monoisotopic (exact) mass is 728 g/mol. The summed E-state index contributed by atoms with van der Waals surface area (Å²) in [5, 5.41) is 27.6. The Morgan fingerprint density at radius 1 is 1.04 bits per heavy atom. The molecule has 0 bridgehead atoms. The zero-order valence-corrected chi connectivity index (χ0v) is 32.5. The zero-order chi connectivity index (χ0) is 37.3. The van der Waals surface area contributed by atoms with E-state index in [1.807, 2.05) is 32.0 Å². The summed E-state index contributed by atoms with van der Waals surface area (Å²) in [6.45, 7) is 8.51. The van der Waals surface area contributed by atoms with Gasteiger partial charge in [0.2, 0.25) is 17.7 Å². The van der Waals surface area contributed by atoms with Crippen LogP contribution in [0.4, 0.5) is 5.13 Å². The summed E-state index contributed by atoms with van der Waals surface area (Å²) >= 11 is 1.28. The fourth-order valence-corrected chi connectivity index (χ4v) is 7.85.